The second-order valence-corrected chi connectivity index (χ2v) is 13.0. The van der Waals surface area contributed by atoms with Gasteiger partial charge in [0.05, 0.1) is 0 Å². The van der Waals surface area contributed by atoms with Crippen LogP contribution in [0.1, 0.15) is 68.4 Å². The third kappa shape index (κ3) is 8.78. The topological polar surface area (TPSA) is 0 Å². The van der Waals surface area contributed by atoms with Crippen LogP contribution in [0, 0.1) is 11.0 Å². The number of benzene rings is 2. The third-order valence-corrected chi connectivity index (χ3v) is 9.82. The Bertz CT molecular complexity index is 716. The van der Waals surface area contributed by atoms with Crippen LogP contribution in [0.4, 0.5) is 0 Å². The number of halogens is 2. The van der Waals surface area contributed by atoms with Gasteiger partial charge in [0.2, 0.25) is 0 Å². The van der Waals surface area contributed by atoms with E-state index in [1.54, 1.807) is 20.4 Å². The zero-order chi connectivity index (χ0) is 23.1. The Kier molecular flexibility index (Phi) is 15.7. The highest BCUT2D eigenvalue weighted by Gasteiger charge is 2.45. The summed E-state index contributed by atoms with van der Waals surface area (Å²) in [6.07, 6.45) is 8.96. The van der Waals surface area contributed by atoms with E-state index in [4.69, 9.17) is 12.6 Å². The summed E-state index contributed by atoms with van der Waals surface area (Å²) in [7, 11) is 3.51. The molecule has 0 fully saturated rings. The van der Waals surface area contributed by atoms with Crippen LogP contribution >= 0.6 is 75.3 Å². The van der Waals surface area contributed by atoms with Crippen LogP contribution in [0.3, 0.4) is 0 Å². The van der Waals surface area contributed by atoms with Gasteiger partial charge in [0.25, 0.3) is 0 Å². The Morgan fingerprint density at radius 1 is 0.875 bits per heavy atom. The van der Waals surface area contributed by atoms with E-state index in [-0.39, 0.29) is 5.41 Å². The lowest BCUT2D eigenvalue weighted by Crippen LogP contribution is -2.38. The molecule has 2 radical (unpaired) electrons. The fraction of sp³-hybridized carbons (Fsp3) is 0.462. The molecule has 0 aliphatic carbocycles. The van der Waals surface area contributed by atoms with Crippen molar-refractivity contribution in [3.05, 3.63) is 82.8 Å². The molecule has 6 heteroatoms. The van der Waals surface area contributed by atoms with Gasteiger partial charge in [-0.3, -0.25) is 0 Å². The standard InChI is InChI=1S/C26H34Br2S4/c27-31-20-9-7-17-25(30)26(18-8-10-21-32-28,23-14-5-2-6-15-23)24(16-11-19-29)22-12-3-1-4-13-22/h1-6,12-15,19,24,29-30H,7-11,16-18,20-21H2. The van der Waals surface area contributed by atoms with Crippen molar-refractivity contribution in [2.24, 2.45) is 0 Å². The first kappa shape index (κ1) is 29.0. The SMILES string of the molecule is S[CH]CCC(c1ccccc1)C(CCCCSBr)([C](S)CCCCSBr)c1ccccc1. The van der Waals surface area contributed by atoms with Crippen LogP contribution in [0.25, 0.3) is 0 Å². The summed E-state index contributed by atoms with van der Waals surface area (Å²) in [5.41, 5.74) is 2.71. The Morgan fingerprint density at radius 2 is 1.47 bits per heavy atom. The molecule has 0 heterocycles. The van der Waals surface area contributed by atoms with Crippen molar-refractivity contribution < 1.29 is 0 Å². The first-order valence-electron chi connectivity index (χ1n) is 11.3. The zero-order valence-corrected chi connectivity index (χ0v) is 25.1. The van der Waals surface area contributed by atoms with Crippen molar-refractivity contribution in [1.29, 1.82) is 0 Å². The highest BCUT2D eigenvalue weighted by Crippen LogP contribution is 2.54. The lowest BCUT2D eigenvalue weighted by molar-refractivity contribution is 0.321. The molecule has 2 aromatic carbocycles. The van der Waals surface area contributed by atoms with E-state index in [2.05, 4.69) is 103 Å². The summed E-state index contributed by atoms with van der Waals surface area (Å²) in [5, 5.41) is 1.34. The van der Waals surface area contributed by atoms with E-state index in [0.29, 0.717) is 5.92 Å². The van der Waals surface area contributed by atoms with Crippen molar-refractivity contribution in [1.82, 2.24) is 0 Å². The van der Waals surface area contributed by atoms with Gasteiger partial charge >= 0.3 is 0 Å². The molecular formula is C26H34Br2S4. The number of hydrogen-bond acceptors (Lipinski definition) is 4. The maximum Gasteiger partial charge on any atom is 0.0385 e. The molecule has 32 heavy (non-hydrogen) atoms. The predicted octanol–water partition coefficient (Wildman–Crippen LogP) is 10.5. The molecule has 0 amide bonds. The van der Waals surface area contributed by atoms with E-state index < -0.39 is 0 Å². The van der Waals surface area contributed by atoms with Crippen molar-refractivity contribution in [2.45, 2.75) is 62.7 Å². The highest BCUT2D eigenvalue weighted by molar-refractivity contribution is 9.50. The Morgan fingerprint density at radius 3 is 2.06 bits per heavy atom. The summed E-state index contributed by atoms with van der Waals surface area (Å²) in [5.74, 6) is 4.65. The zero-order valence-electron chi connectivity index (χ0n) is 18.5. The van der Waals surface area contributed by atoms with Crippen molar-refractivity contribution >= 4 is 75.3 Å². The van der Waals surface area contributed by atoms with Crippen LogP contribution < -0.4 is 0 Å². The molecule has 2 atom stereocenters. The second-order valence-electron chi connectivity index (χ2n) is 8.05. The van der Waals surface area contributed by atoms with E-state index in [9.17, 15) is 0 Å². The second kappa shape index (κ2) is 17.3. The van der Waals surface area contributed by atoms with Gasteiger partial charge in [-0.1, -0.05) is 93.9 Å². The van der Waals surface area contributed by atoms with Gasteiger partial charge in [0.1, 0.15) is 0 Å². The van der Waals surface area contributed by atoms with Crippen LogP contribution in [0.2, 0.25) is 0 Å². The van der Waals surface area contributed by atoms with Gasteiger partial charge in [-0.25, -0.2) is 0 Å². The lowest BCUT2D eigenvalue weighted by Gasteiger charge is -2.46. The van der Waals surface area contributed by atoms with E-state index in [0.717, 1.165) is 37.2 Å². The molecule has 0 saturated carbocycles. The quantitative estimate of drug-likeness (QED) is 0.131. The predicted molar refractivity (Wildman–Crippen MR) is 163 cm³/mol. The molecule has 0 spiro atoms. The smallest absolute Gasteiger partial charge is 0.0385 e. The first-order valence-corrected chi connectivity index (χ1v) is 17.9. The molecule has 0 aliphatic rings. The average molecular weight is 635 g/mol. The van der Waals surface area contributed by atoms with Gasteiger partial charge in [0.15, 0.2) is 0 Å². The molecule has 2 rings (SSSR count). The van der Waals surface area contributed by atoms with Crippen molar-refractivity contribution in [3.8, 4) is 0 Å². The molecule has 176 valence electrons. The van der Waals surface area contributed by atoms with Gasteiger partial charge in [-0.05, 0) is 85.2 Å². The number of thiol groups is 2. The Hall–Kier alpha value is 0.800. The molecule has 0 nitrogen and oxygen atoms in total. The molecule has 0 aromatic heterocycles. The first-order chi connectivity index (χ1) is 15.7. The summed E-state index contributed by atoms with van der Waals surface area (Å²) in [6, 6.07) is 22.2. The molecule has 0 saturated heterocycles. The summed E-state index contributed by atoms with van der Waals surface area (Å²) < 4.78 is 0. The van der Waals surface area contributed by atoms with Crippen LogP contribution in [0.5, 0.6) is 0 Å². The average Bonchev–Trinajstić information content (AvgIpc) is 2.84. The largest absolute Gasteiger partial charge is 0.175 e. The van der Waals surface area contributed by atoms with Gasteiger partial charge in [-0.2, -0.15) is 25.3 Å². The van der Waals surface area contributed by atoms with E-state index in [1.807, 2.05) is 5.75 Å². The van der Waals surface area contributed by atoms with Gasteiger partial charge < -0.3 is 0 Å². The fourth-order valence-electron chi connectivity index (χ4n) is 4.62. The van der Waals surface area contributed by atoms with Gasteiger partial charge in [0, 0.05) is 27.9 Å². The number of rotatable bonds is 17. The molecular weight excluding hydrogens is 600 g/mol. The minimum atomic E-state index is -0.0962. The normalized spacial score (nSPS) is 14.4. The molecule has 0 bridgehead atoms. The Labute approximate surface area is 230 Å². The molecule has 2 aromatic rings. The lowest BCUT2D eigenvalue weighted by atomic mass is 9.60. The monoisotopic (exact) mass is 632 g/mol. The van der Waals surface area contributed by atoms with Gasteiger partial charge in [-0.15, -0.1) is 0 Å². The van der Waals surface area contributed by atoms with Crippen molar-refractivity contribution in [3.63, 3.8) is 0 Å². The maximum atomic E-state index is 5.32. The van der Waals surface area contributed by atoms with E-state index >= 15 is 0 Å². The van der Waals surface area contributed by atoms with Crippen LogP contribution in [-0.4, -0.2) is 11.5 Å². The molecule has 2 unspecified atom stereocenters. The maximum absolute atomic E-state index is 5.32. The number of unbranched alkanes of at least 4 members (excludes halogenated alkanes) is 2. The summed E-state index contributed by atoms with van der Waals surface area (Å²) in [6.45, 7) is 0. The summed E-state index contributed by atoms with van der Waals surface area (Å²) in [4.78, 5) is 0. The fourth-order valence-corrected chi connectivity index (χ4v) is 7.33. The minimum Gasteiger partial charge on any atom is -0.175 e. The number of hydrogen-bond donors (Lipinski definition) is 2. The Balaban J connectivity index is 2.52. The highest BCUT2D eigenvalue weighted by atomic mass is 79.9. The minimum absolute atomic E-state index is 0.0962. The molecule has 0 N–H and O–H groups in total. The van der Waals surface area contributed by atoms with E-state index in [1.165, 1.54) is 42.1 Å². The van der Waals surface area contributed by atoms with Crippen LogP contribution in [0.15, 0.2) is 60.7 Å². The third-order valence-electron chi connectivity index (χ3n) is 6.11. The molecule has 0 aliphatic heterocycles. The van der Waals surface area contributed by atoms with Crippen molar-refractivity contribution in [2.75, 3.05) is 11.5 Å². The summed E-state index contributed by atoms with van der Waals surface area (Å²) >= 11 is 16.8. The van der Waals surface area contributed by atoms with Crippen LogP contribution in [-0.2, 0) is 5.41 Å².